The Morgan fingerprint density at radius 3 is 2.95 bits per heavy atom. The third kappa shape index (κ3) is 2.90. The van der Waals surface area contributed by atoms with Crippen molar-refractivity contribution in [2.24, 2.45) is 0 Å². The van der Waals surface area contributed by atoms with Gasteiger partial charge in [0.1, 0.15) is 5.69 Å². The minimum absolute atomic E-state index is 0.137. The predicted molar refractivity (Wildman–Crippen MR) is 84.9 cm³/mol. The molecule has 2 aromatic carbocycles. The van der Waals surface area contributed by atoms with Gasteiger partial charge in [-0.3, -0.25) is 4.79 Å². The highest BCUT2D eigenvalue weighted by atomic mass is 79.9. The smallest absolute Gasteiger partial charge is 0.230 e. The van der Waals surface area contributed by atoms with Crippen molar-refractivity contribution in [3.63, 3.8) is 0 Å². The lowest BCUT2D eigenvalue weighted by Gasteiger charge is -2.07. The molecule has 0 aliphatic rings. The van der Waals surface area contributed by atoms with Crippen LogP contribution in [0.25, 0.3) is 11.0 Å². The van der Waals surface area contributed by atoms with Gasteiger partial charge in [-0.1, -0.05) is 17.3 Å². The molecule has 1 aromatic heterocycles. The predicted octanol–water partition coefficient (Wildman–Crippen LogP) is 3.35. The van der Waals surface area contributed by atoms with Crippen molar-refractivity contribution in [1.82, 2.24) is 5.16 Å². The zero-order valence-corrected chi connectivity index (χ0v) is 12.6. The van der Waals surface area contributed by atoms with Crippen molar-refractivity contribution in [3.8, 4) is 0 Å². The molecule has 0 aliphatic heterocycles. The molecule has 0 saturated carbocycles. The Kier molecular flexibility index (Phi) is 3.62. The van der Waals surface area contributed by atoms with Crippen LogP contribution in [0, 0.1) is 0 Å². The van der Waals surface area contributed by atoms with E-state index in [2.05, 4.69) is 26.4 Å². The number of nitrogens with zero attached hydrogens (tertiary/aromatic N) is 1. The molecule has 0 spiro atoms. The first-order valence-electron chi connectivity index (χ1n) is 6.31. The van der Waals surface area contributed by atoms with Gasteiger partial charge in [-0.25, -0.2) is 0 Å². The van der Waals surface area contributed by atoms with Gasteiger partial charge in [0.2, 0.25) is 5.91 Å². The SMILES string of the molecule is Nc1ccc(Br)c(NC(=O)Cc2noc3ccccc23)c1. The van der Waals surface area contributed by atoms with Crippen molar-refractivity contribution < 1.29 is 9.32 Å². The second kappa shape index (κ2) is 5.57. The van der Waals surface area contributed by atoms with Gasteiger partial charge < -0.3 is 15.6 Å². The fraction of sp³-hybridized carbons (Fsp3) is 0.0667. The number of halogens is 1. The van der Waals surface area contributed by atoms with E-state index in [0.29, 0.717) is 22.7 Å². The maximum Gasteiger partial charge on any atom is 0.230 e. The standard InChI is InChI=1S/C15H12BrN3O2/c16-11-6-5-9(17)7-13(11)18-15(20)8-12-10-3-1-2-4-14(10)21-19-12/h1-7H,8,17H2,(H,18,20). The average Bonchev–Trinajstić information content (AvgIpc) is 2.86. The Balaban J connectivity index is 1.79. The Morgan fingerprint density at radius 1 is 1.29 bits per heavy atom. The number of anilines is 2. The summed E-state index contributed by atoms with van der Waals surface area (Å²) in [5.41, 5.74) is 8.22. The van der Waals surface area contributed by atoms with E-state index in [0.717, 1.165) is 9.86 Å². The lowest BCUT2D eigenvalue weighted by molar-refractivity contribution is -0.115. The number of para-hydroxylation sites is 1. The maximum absolute atomic E-state index is 12.1. The van der Waals surface area contributed by atoms with Gasteiger partial charge in [0.05, 0.1) is 12.1 Å². The van der Waals surface area contributed by atoms with Crippen LogP contribution in [0.3, 0.4) is 0 Å². The minimum Gasteiger partial charge on any atom is -0.399 e. The number of aromatic nitrogens is 1. The number of hydrogen-bond acceptors (Lipinski definition) is 4. The van der Waals surface area contributed by atoms with Gasteiger partial charge in [-0.15, -0.1) is 0 Å². The summed E-state index contributed by atoms with van der Waals surface area (Å²) in [6, 6.07) is 12.7. The van der Waals surface area contributed by atoms with Gasteiger partial charge in [-0.05, 0) is 46.3 Å². The number of amides is 1. The van der Waals surface area contributed by atoms with Gasteiger partial charge in [-0.2, -0.15) is 0 Å². The van der Waals surface area contributed by atoms with Crippen LogP contribution in [0.2, 0.25) is 0 Å². The van der Waals surface area contributed by atoms with Crippen molar-refractivity contribution in [2.75, 3.05) is 11.1 Å². The first-order valence-corrected chi connectivity index (χ1v) is 7.11. The first-order chi connectivity index (χ1) is 10.1. The van der Waals surface area contributed by atoms with Gasteiger partial charge in [0, 0.05) is 15.5 Å². The summed E-state index contributed by atoms with van der Waals surface area (Å²) >= 11 is 3.37. The molecule has 3 aromatic rings. The Hall–Kier alpha value is -2.34. The fourth-order valence-electron chi connectivity index (χ4n) is 2.05. The molecule has 0 radical (unpaired) electrons. The average molecular weight is 346 g/mol. The molecule has 0 saturated heterocycles. The molecule has 3 rings (SSSR count). The summed E-state index contributed by atoms with van der Waals surface area (Å²) in [6.45, 7) is 0. The number of hydrogen-bond donors (Lipinski definition) is 2. The van der Waals surface area contributed by atoms with Crippen LogP contribution in [0.4, 0.5) is 11.4 Å². The molecule has 5 nitrogen and oxygen atoms in total. The van der Waals surface area contributed by atoms with E-state index in [-0.39, 0.29) is 12.3 Å². The monoisotopic (exact) mass is 345 g/mol. The number of nitrogen functional groups attached to an aromatic ring is 1. The van der Waals surface area contributed by atoms with Crippen LogP contribution >= 0.6 is 15.9 Å². The molecule has 0 atom stereocenters. The van der Waals surface area contributed by atoms with E-state index in [1.165, 1.54) is 0 Å². The Bertz CT molecular complexity index is 814. The van der Waals surface area contributed by atoms with E-state index in [1.807, 2.05) is 24.3 Å². The van der Waals surface area contributed by atoms with Gasteiger partial charge >= 0.3 is 0 Å². The highest BCUT2D eigenvalue weighted by molar-refractivity contribution is 9.10. The molecule has 0 aliphatic carbocycles. The summed E-state index contributed by atoms with van der Waals surface area (Å²) < 4.78 is 5.96. The summed E-state index contributed by atoms with van der Waals surface area (Å²) in [5, 5.41) is 7.60. The lowest BCUT2D eigenvalue weighted by atomic mass is 10.1. The molecule has 106 valence electrons. The third-order valence-corrected chi connectivity index (χ3v) is 3.74. The van der Waals surface area contributed by atoms with Crippen LogP contribution in [0.1, 0.15) is 5.69 Å². The fourth-order valence-corrected chi connectivity index (χ4v) is 2.40. The van der Waals surface area contributed by atoms with E-state index in [4.69, 9.17) is 10.3 Å². The molecule has 3 N–H and O–H groups in total. The molecule has 1 amide bonds. The number of nitrogens with one attached hydrogen (secondary N) is 1. The van der Waals surface area contributed by atoms with Crippen molar-refractivity contribution in [3.05, 3.63) is 52.6 Å². The van der Waals surface area contributed by atoms with Crippen molar-refractivity contribution in [1.29, 1.82) is 0 Å². The highest BCUT2D eigenvalue weighted by Gasteiger charge is 2.13. The molecule has 0 fully saturated rings. The van der Waals surface area contributed by atoms with E-state index in [1.54, 1.807) is 18.2 Å². The van der Waals surface area contributed by atoms with Crippen LogP contribution in [0.5, 0.6) is 0 Å². The van der Waals surface area contributed by atoms with Gasteiger partial charge in [0.25, 0.3) is 0 Å². The molecule has 0 bridgehead atoms. The van der Waals surface area contributed by atoms with Crippen LogP contribution in [0.15, 0.2) is 51.5 Å². The summed E-state index contributed by atoms with van der Waals surface area (Å²) in [7, 11) is 0. The highest BCUT2D eigenvalue weighted by Crippen LogP contribution is 2.25. The van der Waals surface area contributed by atoms with E-state index < -0.39 is 0 Å². The lowest BCUT2D eigenvalue weighted by Crippen LogP contribution is -2.15. The minimum atomic E-state index is -0.180. The second-order valence-electron chi connectivity index (χ2n) is 4.59. The molecule has 6 heteroatoms. The maximum atomic E-state index is 12.1. The van der Waals surface area contributed by atoms with Gasteiger partial charge in [0.15, 0.2) is 5.58 Å². The largest absolute Gasteiger partial charge is 0.399 e. The van der Waals surface area contributed by atoms with Crippen LogP contribution < -0.4 is 11.1 Å². The quantitative estimate of drug-likeness (QED) is 0.713. The van der Waals surface area contributed by atoms with Crippen LogP contribution in [-0.2, 0) is 11.2 Å². The topological polar surface area (TPSA) is 81.1 Å². The number of rotatable bonds is 3. The van der Waals surface area contributed by atoms with Crippen molar-refractivity contribution >= 4 is 44.2 Å². The van der Waals surface area contributed by atoms with Crippen LogP contribution in [-0.4, -0.2) is 11.1 Å². The number of carbonyl (C=O) groups is 1. The molecular weight excluding hydrogens is 334 g/mol. The molecule has 21 heavy (non-hydrogen) atoms. The molecular formula is C15H12BrN3O2. The zero-order chi connectivity index (χ0) is 14.8. The molecule has 1 heterocycles. The zero-order valence-electron chi connectivity index (χ0n) is 11.0. The second-order valence-corrected chi connectivity index (χ2v) is 5.44. The van der Waals surface area contributed by atoms with Crippen molar-refractivity contribution in [2.45, 2.75) is 6.42 Å². The Labute approximate surface area is 129 Å². The summed E-state index contributed by atoms with van der Waals surface area (Å²) in [4.78, 5) is 12.1. The number of fused-ring (bicyclic) bond motifs is 1. The number of nitrogens with two attached hydrogens (primary N) is 1. The summed E-state index contributed by atoms with van der Waals surface area (Å²) in [5.74, 6) is -0.180. The normalized spacial score (nSPS) is 10.7. The third-order valence-electron chi connectivity index (χ3n) is 3.04. The summed E-state index contributed by atoms with van der Waals surface area (Å²) in [6.07, 6.45) is 0.137. The van der Waals surface area contributed by atoms with E-state index in [9.17, 15) is 4.79 Å². The number of carbonyl (C=O) groups excluding carboxylic acids is 1. The molecule has 0 unspecified atom stereocenters. The van der Waals surface area contributed by atoms with E-state index >= 15 is 0 Å². The first kappa shape index (κ1) is 13.6. The Morgan fingerprint density at radius 2 is 2.10 bits per heavy atom. The number of benzene rings is 2.